The van der Waals surface area contributed by atoms with Gasteiger partial charge >= 0.3 is 0 Å². The average molecular weight is 319 g/mol. The van der Waals surface area contributed by atoms with Gasteiger partial charge in [0.15, 0.2) is 5.13 Å². The number of aliphatic hydroxyl groups is 1. The Labute approximate surface area is 133 Å². The second kappa shape index (κ2) is 6.94. The Morgan fingerprint density at radius 1 is 1.43 bits per heavy atom. The number of hydrogen-bond donors (Lipinski definition) is 2. The first-order valence-corrected chi connectivity index (χ1v) is 8.42. The molecule has 1 aromatic heterocycles. The predicted octanol–water partition coefficient (Wildman–Crippen LogP) is 4.14. The molecule has 1 heterocycles. The fourth-order valence-corrected chi connectivity index (χ4v) is 3.43. The molecule has 0 atom stereocenters. The van der Waals surface area contributed by atoms with E-state index < -0.39 is 5.60 Å². The molecular weight excluding hydrogens is 302 g/mol. The molecule has 0 saturated heterocycles. The Bertz CT molecular complexity index is 644. The fourth-order valence-electron chi connectivity index (χ4n) is 1.88. The van der Waals surface area contributed by atoms with Crippen LogP contribution < -0.4 is 4.72 Å². The van der Waals surface area contributed by atoms with Gasteiger partial charge in [-0.15, -0.1) is 11.3 Å². The van der Waals surface area contributed by atoms with Crippen LogP contribution in [0, 0.1) is 11.3 Å². The molecule has 0 aliphatic heterocycles. The number of hydrogen-bond acceptors (Lipinski definition) is 6. The van der Waals surface area contributed by atoms with Crippen LogP contribution in [0.1, 0.15) is 37.9 Å². The average Bonchev–Trinajstić information content (AvgIpc) is 3.02. The first-order chi connectivity index (χ1) is 10.1. The standard InChI is InChI=1S/C15H17N3OS2/c1-3-15(19,4-2)13-10-20-14(17-13)18-21-12-7-5-6-11(8-12)9-16/h5-8,10,19H,3-4H2,1-2H3,(H,17,18). The summed E-state index contributed by atoms with van der Waals surface area (Å²) in [7, 11) is 0. The van der Waals surface area contributed by atoms with Gasteiger partial charge in [0.1, 0.15) is 5.60 Å². The Kier molecular flexibility index (Phi) is 5.23. The van der Waals surface area contributed by atoms with E-state index in [0.717, 1.165) is 10.0 Å². The molecule has 0 spiro atoms. The molecule has 0 radical (unpaired) electrons. The zero-order valence-electron chi connectivity index (χ0n) is 12.0. The summed E-state index contributed by atoms with van der Waals surface area (Å²) < 4.78 is 3.16. The third-order valence-electron chi connectivity index (χ3n) is 3.37. The van der Waals surface area contributed by atoms with Crippen LogP contribution in [0.4, 0.5) is 5.13 Å². The highest BCUT2D eigenvalue weighted by Crippen LogP contribution is 2.32. The van der Waals surface area contributed by atoms with Crippen molar-refractivity contribution in [2.45, 2.75) is 37.2 Å². The highest BCUT2D eigenvalue weighted by Gasteiger charge is 2.27. The maximum Gasteiger partial charge on any atom is 0.193 e. The number of aromatic nitrogens is 1. The van der Waals surface area contributed by atoms with Crippen molar-refractivity contribution in [1.82, 2.24) is 4.98 Å². The SMILES string of the molecule is CCC(O)(CC)c1csc(NSc2cccc(C#N)c2)n1. The third-order valence-corrected chi connectivity index (χ3v) is 5.04. The van der Waals surface area contributed by atoms with Gasteiger partial charge in [0.2, 0.25) is 0 Å². The molecule has 2 N–H and O–H groups in total. The van der Waals surface area contributed by atoms with Crippen LogP contribution in [-0.4, -0.2) is 10.1 Å². The summed E-state index contributed by atoms with van der Waals surface area (Å²) in [6.45, 7) is 3.91. The zero-order valence-corrected chi connectivity index (χ0v) is 13.6. The maximum absolute atomic E-state index is 10.4. The Balaban J connectivity index is 2.05. The van der Waals surface area contributed by atoms with Crippen molar-refractivity contribution in [2.75, 3.05) is 4.72 Å². The summed E-state index contributed by atoms with van der Waals surface area (Å²) in [5.41, 5.74) is 0.501. The lowest BCUT2D eigenvalue weighted by Gasteiger charge is -2.22. The van der Waals surface area contributed by atoms with Crippen LogP contribution in [-0.2, 0) is 5.60 Å². The van der Waals surface area contributed by atoms with E-state index in [1.54, 1.807) is 6.07 Å². The molecule has 0 unspecified atom stereocenters. The lowest BCUT2D eigenvalue weighted by Crippen LogP contribution is -2.23. The van der Waals surface area contributed by atoms with Crippen LogP contribution in [0.3, 0.4) is 0 Å². The van der Waals surface area contributed by atoms with Gasteiger partial charge in [-0.25, -0.2) is 4.98 Å². The van der Waals surface area contributed by atoms with Crippen molar-refractivity contribution in [3.8, 4) is 6.07 Å². The van der Waals surface area contributed by atoms with Gasteiger partial charge in [-0.05, 0) is 43.0 Å². The van der Waals surface area contributed by atoms with E-state index in [2.05, 4.69) is 15.8 Å². The first kappa shape index (κ1) is 15.8. The Morgan fingerprint density at radius 2 is 2.19 bits per heavy atom. The number of anilines is 1. The molecule has 0 bridgehead atoms. The molecule has 0 saturated carbocycles. The van der Waals surface area contributed by atoms with E-state index in [4.69, 9.17) is 5.26 Å². The van der Waals surface area contributed by atoms with Crippen molar-refractivity contribution in [3.63, 3.8) is 0 Å². The maximum atomic E-state index is 10.4. The quantitative estimate of drug-likeness (QED) is 0.783. The normalized spacial score (nSPS) is 11.1. The van der Waals surface area contributed by atoms with E-state index in [1.165, 1.54) is 23.3 Å². The number of benzene rings is 1. The van der Waals surface area contributed by atoms with Gasteiger partial charge in [-0.1, -0.05) is 19.9 Å². The van der Waals surface area contributed by atoms with Gasteiger partial charge in [0, 0.05) is 10.3 Å². The van der Waals surface area contributed by atoms with E-state index in [-0.39, 0.29) is 0 Å². The van der Waals surface area contributed by atoms with E-state index in [0.29, 0.717) is 24.1 Å². The number of nitrogens with one attached hydrogen (secondary N) is 1. The van der Waals surface area contributed by atoms with Gasteiger partial charge in [-0.2, -0.15) is 5.26 Å². The predicted molar refractivity (Wildman–Crippen MR) is 87.2 cm³/mol. The highest BCUT2D eigenvalue weighted by atomic mass is 32.2. The summed E-state index contributed by atoms with van der Waals surface area (Å²) >= 11 is 2.88. The van der Waals surface area contributed by atoms with Gasteiger partial charge in [0.05, 0.1) is 17.3 Å². The van der Waals surface area contributed by atoms with Crippen LogP contribution >= 0.6 is 23.3 Å². The largest absolute Gasteiger partial charge is 0.384 e. The summed E-state index contributed by atoms with van der Waals surface area (Å²) in [5.74, 6) is 0. The van der Waals surface area contributed by atoms with Gasteiger partial charge in [-0.3, -0.25) is 0 Å². The molecule has 2 rings (SSSR count). The molecule has 0 amide bonds. The second-order valence-electron chi connectivity index (χ2n) is 4.62. The molecule has 6 heteroatoms. The van der Waals surface area contributed by atoms with Crippen molar-refractivity contribution in [3.05, 3.63) is 40.9 Å². The molecule has 0 aliphatic rings. The molecule has 0 aliphatic carbocycles. The first-order valence-electron chi connectivity index (χ1n) is 6.72. The van der Waals surface area contributed by atoms with Crippen LogP contribution in [0.5, 0.6) is 0 Å². The van der Waals surface area contributed by atoms with E-state index in [1.807, 2.05) is 37.4 Å². The second-order valence-corrected chi connectivity index (χ2v) is 6.36. The minimum absolute atomic E-state index is 0.632. The monoisotopic (exact) mass is 319 g/mol. The van der Waals surface area contributed by atoms with E-state index >= 15 is 0 Å². The van der Waals surface area contributed by atoms with Crippen molar-refractivity contribution in [1.29, 1.82) is 5.26 Å². The summed E-state index contributed by atoms with van der Waals surface area (Å²) in [6, 6.07) is 9.49. The zero-order chi connectivity index (χ0) is 15.3. The van der Waals surface area contributed by atoms with Crippen LogP contribution in [0.25, 0.3) is 0 Å². The summed E-state index contributed by atoms with van der Waals surface area (Å²) in [6.07, 6.45) is 1.29. The van der Waals surface area contributed by atoms with Crippen LogP contribution in [0.2, 0.25) is 0 Å². The molecule has 1 aromatic carbocycles. The number of nitrogens with zero attached hydrogens (tertiary/aromatic N) is 2. The van der Waals surface area contributed by atoms with Crippen molar-refractivity contribution >= 4 is 28.4 Å². The van der Waals surface area contributed by atoms with Gasteiger partial charge < -0.3 is 9.83 Å². The van der Waals surface area contributed by atoms with Crippen molar-refractivity contribution in [2.24, 2.45) is 0 Å². The minimum atomic E-state index is -0.845. The lowest BCUT2D eigenvalue weighted by atomic mass is 9.94. The fraction of sp³-hybridized carbons (Fsp3) is 0.333. The highest BCUT2D eigenvalue weighted by molar-refractivity contribution is 8.00. The summed E-state index contributed by atoms with van der Waals surface area (Å²) in [5, 5.41) is 22.0. The topological polar surface area (TPSA) is 68.9 Å². The minimum Gasteiger partial charge on any atom is -0.384 e. The molecule has 2 aromatic rings. The number of thiazole rings is 1. The smallest absolute Gasteiger partial charge is 0.193 e. The number of nitriles is 1. The third kappa shape index (κ3) is 3.76. The lowest BCUT2D eigenvalue weighted by molar-refractivity contribution is 0.0247. The Morgan fingerprint density at radius 3 is 2.86 bits per heavy atom. The molecule has 4 nitrogen and oxygen atoms in total. The van der Waals surface area contributed by atoms with Crippen molar-refractivity contribution < 1.29 is 5.11 Å². The summed E-state index contributed by atoms with van der Waals surface area (Å²) in [4.78, 5) is 5.40. The molecule has 0 fully saturated rings. The molecule has 21 heavy (non-hydrogen) atoms. The molecule has 110 valence electrons. The Hall–Kier alpha value is -1.55. The molecular formula is C15H17N3OS2. The number of rotatable bonds is 6. The van der Waals surface area contributed by atoms with Gasteiger partial charge in [0.25, 0.3) is 0 Å². The van der Waals surface area contributed by atoms with E-state index in [9.17, 15) is 5.11 Å². The van der Waals surface area contributed by atoms with Crippen LogP contribution in [0.15, 0.2) is 34.5 Å².